The van der Waals surface area contributed by atoms with E-state index in [4.69, 9.17) is 4.42 Å². The van der Waals surface area contributed by atoms with Gasteiger partial charge in [-0.05, 0) is 37.3 Å². The van der Waals surface area contributed by atoms with Gasteiger partial charge in [-0.25, -0.2) is 14.4 Å². The molecular formula is C17H15FN4O2. The van der Waals surface area contributed by atoms with Crippen molar-refractivity contribution in [2.24, 2.45) is 0 Å². The summed E-state index contributed by atoms with van der Waals surface area (Å²) in [5, 5.41) is 5.68. The minimum Gasteiger partial charge on any atom is -0.467 e. The van der Waals surface area contributed by atoms with Crippen LogP contribution < -0.4 is 10.6 Å². The van der Waals surface area contributed by atoms with Gasteiger partial charge in [0.05, 0.1) is 12.8 Å². The van der Waals surface area contributed by atoms with Crippen molar-refractivity contribution in [3.63, 3.8) is 0 Å². The largest absolute Gasteiger partial charge is 0.467 e. The Balaban J connectivity index is 1.73. The molecule has 3 rings (SSSR count). The smallest absolute Gasteiger partial charge is 0.274 e. The summed E-state index contributed by atoms with van der Waals surface area (Å²) in [5.41, 5.74) is 0.551. The molecule has 0 saturated carbocycles. The van der Waals surface area contributed by atoms with E-state index in [1.54, 1.807) is 25.3 Å². The van der Waals surface area contributed by atoms with E-state index in [2.05, 4.69) is 20.6 Å². The second-order valence-electron chi connectivity index (χ2n) is 5.08. The Morgan fingerprint density at radius 3 is 2.83 bits per heavy atom. The highest BCUT2D eigenvalue weighted by molar-refractivity contribution is 6.03. The van der Waals surface area contributed by atoms with Gasteiger partial charge in [-0.15, -0.1) is 0 Å². The normalized spacial score (nSPS) is 10.4. The molecule has 7 heteroatoms. The van der Waals surface area contributed by atoms with Crippen molar-refractivity contribution in [1.29, 1.82) is 0 Å². The summed E-state index contributed by atoms with van der Waals surface area (Å²) in [7, 11) is 0. The van der Waals surface area contributed by atoms with Gasteiger partial charge in [-0.2, -0.15) is 0 Å². The number of benzene rings is 1. The van der Waals surface area contributed by atoms with Crippen LogP contribution in [0.25, 0.3) is 0 Å². The molecule has 24 heavy (non-hydrogen) atoms. The lowest BCUT2D eigenvalue weighted by molar-refractivity contribution is 0.102. The molecule has 0 spiro atoms. The van der Waals surface area contributed by atoms with E-state index in [9.17, 15) is 9.18 Å². The zero-order chi connectivity index (χ0) is 16.9. The standard InChI is InChI=1S/C17H15FN4O2/c1-11-20-15(17(23)22-13-5-2-4-12(18)8-13)9-16(21-11)19-10-14-6-3-7-24-14/h2-9H,10H2,1H3,(H,22,23)(H,19,20,21). The molecule has 2 heterocycles. The van der Waals surface area contributed by atoms with E-state index in [1.165, 1.54) is 24.3 Å². The Labute approximate surface area is 137 Å². The van der Waals surface area contributed by atoms with Gasteiger partial charge < -0.3 is 15.1 Å². The third-order valence-electron chi connectivity index (χ3n) is 3.18. The molecule has 1 aromatic carbocycles. The Hall–Kier alpha value is -3.22. The number of halogens is 1. The highest BCUT2D eigenvalue weighted by Crippen LogP contribution is 2.13. The van der Waals surface area contributed by atoms with Gasteiger partial charge in [-0.1, -0.05) is 6.07 Å². The van der Waals surface area contributed by atoms with Crippen LogP contribution in [0.3, 0.4) is 0 Å². The number of furan rings is 1. The number of aryl methyl sites for hydroxylation is 1. The van der Waals surface area contributed by atoms with E-state index in [0.29, 0.717) is 23.9 Å². The van der Waals surface area contributed by atoms with Crippen molar-refractivity contribution in [3.05, 3.63) is 71.8 Å². The van der Waals surface area contributed by atoms with Crippen LogP contribution in [0.2, 0.25) is 0 Å². The Bertz CT molecular complexity index is 850. The minimum atomic E-state index is -0.438. The first-order chi connectivity index (χ1) is 11.6. The number of carbonyl (C=O) groups excluding carboxylic acids is 1. The molecule has 0 saturated heterocycles. The van der Waals surface area contributed by atoms with Crippen LogP contribution in [0, 0.1) is 12.7 Å². The average molecular weight is 326 g/mol. The van der Waals surface area contributed by atoms with E-state index < -0.39 is 11.7 Å². The molecule has 1 amide bonds. The number of aromatic nitrogens is 2. The number of rotatable bonds is 5. The van der Waals surface area contributed by atoms with Gasteiger partial charge in [0.1, 0.15) is 28.9 Å². The van der Waals surface area contributed by atoms with Gasteiger partial charge >= 0.3 is 0 Å². The summed E-state index contributed by atoms with van der Waals surface area (Å²) in [5.74, 6) is 0.837. The monoisotopic (exact) mass is 326 g/mol. The number of nitrogens with one attached hydrogen (secondary N) is 2. The van der Waals surface area contributed by atoms with Crippen LogP contribution >= 0.6 is 0 Å². The SMILES string of the molecule is Cc1nc(NCc2ccco2)cc(C(=O)Nc2cccc(F)c2)n1. The molecule has 0 radical (unpaired) electrons. The predicted molar refractivity (Wildman–Crippen MR) is 87.2 cm³/mol. The van der Waals surface area contributed by atoms with Crippen LogP contribution in [0.5, 0.6) is 0 Å². The maximum Gasteiger partial charge on any atom is 0.274 e. The highest BCUT2D eigenvalue weighted by Gasteiger charge is 2.11. The molecular weight excluding hydrogens is 311 g/mol. The van der Waals surface area contributed by atoms with E-state index in [1.807, 2.05) is 6.07 Å². The van der Waals surface area contributed by atoms with Gasteiger partial charge in [0.15, 0.2) is 0 Å². The quantitative estimate of drug-likeness (QED) is 0.751. The maximum absolute atomic E-state index is 13.2. The van der Waals surface area contributed by atoms with Crippen molar-refractivity contribution in [1.82, 2.24) is 9.97 Å². The Morgan fingerprint density at radius 2 is 2.08 bits per heavy atom. The second kappa shape index (κ2) is 6.91. The fourth-order valence-corrected chi connectivity index (χ4v) is 2.13. The van der Waals surface area contributed by atoms with Crippen molar-refractivity contribution in [3.8, 4) is 0 Å². The second-order valence-corrected chi connectivity index (χ2v) is 5.08. The molecule has 0 aliphatic heterocycles. The summed E-state index contributed by atoms with van der Waals surface area (Å²) < 4.78 is 18.4. The van der Waals surface area contributed by atoms with Gasteiger partial charge in [0.25, 0.3) is 5.91 Å². The van der Waals surface area contributed by atoms with Crippen LogP contribution in [-0.2, 0) is 6.54 Å². The zero-order valence-electron chi connectivity index (χ0n) is 12.9. The van der Waals surface area contributed by atoms with Crippen LogP contribution in [0.1, 0.15) is 22.1 Å². The zero-order valence-corrected chi connectivity index (χ0v) is 12.9. The molecule has 0 aliphatic carbocycles. The average Bonchev–Trinajstić information content (AvgIpc) is 3.06. The topological polar surface area (TPSA) is 80.0 Å². The molecule has 0 aliphatic rings. The molecule has 2 aromatic heterocycles. The summed E-state index contributed by atoms with van der Waals surface area (Å²) in [6, 6.07) is 10.8. The lowest BCUT2D eigenvalue weighted by Crippen LogP contribution is -2.16. The number of hydrogen-bond donors (Lipinski definition) is 2. The molecule has 0 bridgehead atoms. The number of nitrogens with zero attached hydrogens (tertiary/aromatic N) is 2. The summed E-state index contributed by atoms with van der Waals surface area (Å²) in [6.07, 6.45) is 1.58. The lowest BCUT2D eigenvalue weighted by atomic mass is 10.3. The third kappa shape index (κ3) is 3.95. The first kappa shape index (κ1) is 15.7. The van der Waals surface area contributed by atoms with Gasteiger partial charge in [-0.3, -0.25) is 4.79 Å². The minimum absolute atomic E-state index is 0.189. The summed E-state index contributed by atoms with van der Waals surface area (Å²) >= 11 is 0. The number of carbonyl (C=O) groups is 1. The molecule has 6 nitrogen and oxygen atoms in total. The van der Waals surface area contributed by atoms with Crippen LogP contribution in [-0.4, -0.2) is 15.9 Å². The van der Waals surface area contributed by atoms with Gasteiger partial charge in [0.2, 0.25) is 0 Å². The Morgan fingerprint density at radius 1 is 1.21 bits per heavy atom. The summed E-state index contributed by atoms with van der Waals surface area (Å²) in [6.45, 7) is 2.13. The fourth-order valence-electron chi connectivity index (χ4n) is 2.13. The predicted octanol–water partition coefficient (Wildman–Crippen LogP) is 3.38. The Kier molecular flexibility index (Phi) is 4.51. The van der Waals surface area contributed by atoms with Crippen molar-refractivity contribution in [2.75, 3.05) is 10.6 Å². The van der Waals surface area contributed by atoms with Crippen LogP contribution in [0.15, 0.2) is 53.1 Å². The molecule has 2 N–H and O–H groups in total. The van der Waals surface area contributed by atoms with E-state index >= 15 is 0 Å². The van der Waals surface area contributed by atoms with Crippen molar-refractivity contribution < 1.29 is 13.6 Å². The third-order valence-corrected chi connectivity index (χ3v) is 3.18. The molecule has 0 unspecified atom stereocenters. The van der Waals surface area contributed by atoms with Gasteiger partial charge in [0, 0.05) is 11.8 Å². The van der Waals surface area contributed by atoms with Crippen LogP contribution in [0.4, 0.5) is 15.9 Å². The first-order valence-electron chi connectivity index (χ1n) is 7.29. The van der Waals surface area contributed by atoms with Crippen molar-refractivity contribution in [2.45, 2.75) is 13.5 Å². The molecule has 0 atom stereocenters. The number of anilines is 2. The number of hydrogen-bond acceptors (Lipinski definition) is 5. The first-order valence-corrected chi connectivity index (χ1v) is 7.29. The molecule has 3 aromatic rings. The highest BCUT2D eigenvalue weighted by atomic mass is 19.1. The van der Waals surface area contributed by atoms with E-state index in [0.717, 1.165) is 5.76 Å². The van der Waals surface area contributed by atoms with E-state index in [-0.39, 0.29) is 5.69 Å². The number of amides is 1. The van der Waals surface area contributed by atoms with Crippen molar-refractivity contribution >= 4 is 17.4 Å². The fraction of sp³-hybridized carbons (Fsp3) is 0.118. The summed E-state index contributed by atoms with van der Waals surface area (Å²) in [4.78, 5) is 20.6. The molecule has 0 fully saturated rings. The maximum atomic E-state index is 13.2. The lowest BCUT2D eigenvalue weighted by Gasteiger charge is -2.08. The molecule has 122 valence electrons.